The summed E-state index contributed by atoms with van der Waals surface area (Å²) in [4.78, 5) is 15.0. The van der Waals surface area contributed by atoms with E-state index in [0.717, 1.165) is 35.1 Å². The highest BCUT2D eigenvalue weighted by Crippen LogP contribution is 2.43. The van der Waals surface area contributed by atoms with Gasteiger partial charge in [-0.05, 0) is 35.6 Å². The molecule has 2 atom stereocenters. The van der Waals surface area contributed by atoms with Crippen LogP contribution in [0.2, 0.25) is 0 Å². The number of benzene rings is 2. The van der Waals surface area contributed by atoms with E-state index in [-0.39, 0.29) is 18.4 Å². The van der Waals surface area contributed by atoms with Gasteiger partial charge < -0.3 is 19.3 Å². The third-order valence-electron chi connectivity index (χ3n) is 6.11. The van der Waals surface area contributed by atoms with Crippen molar-refractivity contribution in [3.05, 3.63) is 71.2 Å². The fourth-order valence-corrected chi connectivity index (χ4v) is 4.60. The van der Waals surface area contributed by atoms with Crippen molar-refractivity contribution >= 4 is 5.97 Å². The number of rotatable bonds is 6. The Morgan fingerprint density at radius 1 is 1.22 bits per heavy atom. The minimum Gasteiger partial charge on any atom is -0.492 e. The van der Waals surface area contributed by atoms with Crippen LogP contribution in [0.3, 0.4) is 0 Å². The number of nitrogens with zero attached hydrogens (tertiary/aromatic N) is 1. The highest BCUT2D eigenvalue weighted by atomic mass is 19.1. The van der Waals surface area contributed by atoms with Crippen molar-refractivity contribution in [2.75, 3.05) is 13.7 Å². The van der Waals surface area contributed by atoms with Crippen molar-refractivity contribution < 1.29 is 28.5 Å². The molecular formula is C25H22FNO5. The first kappa shape index (κ1) is 20.3. The molecule has 1 aliphatic heterocycles. The lowest BCUT2D eigenvalue weighted by Gasteiger charge is -2.17. The topological polar surface area (TPSA) is 77.9 Å². The van der Waals surface area contributed by atoms with E-state index in [9.17, 15) is 9.18 Å². The van der Waals surface area contributed by atoms with Crippen LogP contribution >= 0.6 is 0 Å². The van der Waals surface area contributed by atoms with Gasteiger partial charge in [0.1, 0.15) is 23.4 Å². The normalized spacial score (nSPS) is 18.6. The number of ether oxygens (including phenoxy) is 3. The van der Waals surface area contributed by atoms with Crippen LogP contribution in [0.25, 0.3) is 11.1 Å². The molecule has 2 aromatic carbocycles. The highest BCUT2D eigenvalue weighted by Gasteiger charge is 2.30. The molecule has 2 unspecified atom stereocenters. The van der Waals surface area contributed by atoms with Crippen LogP contribution in [-0.2, 0) is 11.2 Å². The van der Waals surface area contributed by atoms with Gasteiger partial charge in [0, 0.05) is 29.2 Å². The third kappa shape index (κ3) is 3.64. The van der Waals surface area contributed by atoms with Crippen LogP contribution in [0.1, 0.15) is 41.6 Å². The smallest absolute Gasteiger partial charge is 0.304 e. The van der Waals surface area contributed by atoms with Gasteiger partial charge in [0.15, 0.2) is 0 Å². The molecule has 0 fully saturated rings. The minimum absolute atomic E-state index is 0.0440. The minimum atomic E-state index is -0.839. The summed E-state index contributed by atoms with van der Waals surface area (Å²) < 4.78 is 31.7. The highest BCUT2D eigenvalue weighted by molar-refractivity contribution is 5.71. The Morgan fingerprint density at radius 2 is 2.09 bits per heavy atom. The van der Waals surface area contributed by atoms with Crippen LogP contribution in [0, 0.1) is 5.82 Å². The van der Waals surface area contributed by atoms with E-state index in [1.165, 1.54) is 13.3 Å². The molecule has 0 amide bonds. The number of hydrogen-bond acceptors (Lipinski definition) is 5. The molecule has 1 aromatic heterocycles. The molecular weight excluding hydrogens is 413 g/mol. The molecule has 164 valence electrons. The Hall–Kier alpha value is -3.61. The maximum atomic E-state index is 14.5. The van der Waals surface area contributed by atoms with Crippen molar-refractivity contribution in [2.45, 2.75) is 31.3 Å². The van der Waals surface area contributed by atoms with E-state index in [4.69, 9.17) is 19.3 Å². The fraction of sp³-hybridized carbons (Fsp3) is 0.280. The monoisotopic (exact) mass is 435 g/mol. The molecule has 2 aliphatic rings. The largest absolute Gasteiger partial charge is 0.492 e. The average molecular weight is 435 g/mol. The molecule has 3 aromatic rings. The molecule has 2 heterocycles. The van der Waals surface area contributed by atoms with Gasteiger partial charge in [-0.25, -0.2) is 9.37 Å². The molecule has 0 radical (unpaired) electrons. The Kier molecular flexibility index (Phi) is 5.17. The zero-order valence-corrected chi connectivity index (χ0v) is 17.5. The van der Waals surface area contributed by atoms with E-state index in [1.54, 1.807) is 6.07 Å². The standard InChI is InChI=1S/C25H22FNO5/c1-30-24-11-20(21(26)12-27-24)17-3-2-4-19-18(17)7-8-22(19)32-15-5-6-16-14(9-25(28)29)13-31-23(16)10-15/h2-6,10-12,14,22H,7-9,13H2,1H3,(H,28,29). The number of hydrogen-bond donors (Lipinski definition) is 1. The van der Waals surface area contributed by atoms with Gasteiger partial charge in [0.2, 0.25) is 5.88 Å². The Morgan fingerprint density at radius 3 is 2.91 bits per heavy atom. The van der Waals surface area contributed by atoms with Crippen LogP contribution in [0.4, 0.5) is 4.39 Å². The summed E-state index contributed by atoms with van der Waals surface area (Å²) in [5.74, 6) is 0.331. The van der Waals surface area contributed by atoms with Crippen molar-refractivity contribution in [1.29, 1.82) is 0 Å². The Labute approximate surface area is 184 Å². The lowest BCUT2D eigenvalue weighted by atomic mass is 9.97. The van der Waals surface area contributed by atoms with Gasteiger partial charge in [-0.2, -0.15) is 0 Å². The molecule has 0 saturated carbocycles. The number of aliphatic carboxylic acids is 1. The number of halogens is 1. The van der Waals surface area contributed by atoms with Crippen LogP contribution in [0.15, 0.2) is 48.7 Å². The van der Waals surface area contributed by atoms with E-state index < -0.39 is 11.8 Å². The number of fused-ring (bicyclic) bond motifs is 2. The Bertz CT molecular complexity index is 1190. The zero-order chi connectivity index (χ0) is 22.2. The number of carboxylic acid groups (broad SMARTS) is 1. The van der Waals surface area contributed by atoms with Crippen LogP contribution < -0.4 is 14.2 Å². The molecule has 7 heteroatoms. The second-order valence-electron chi connectivity index (χ2n) is 8.03. The first-order valence-electron chi connectivity index (χ1n) is 10.5. The summed E-state index contributed by atoms with van der Waals surface area (Å²) in [6.45, 7) is 0.363. The number of carbonyl (C=O) groups is 1. The molecule has 6 nitrogen and oxygen atoms in total. The van der Waals surface area contributed by atoms with Gasteiger partial charge >= 0.3 is 5.97 Å². The van der Waals surface area contributed by atoms with E-state index in [2.05, 4.69) is 4.98 Å². The molecule has 32 heavy (non-hydrogen) atoms. The molecule has 5 rings (SSSR count). The number of pyridine rings is 1. The van der Waals surface area contributed by atoms with Crippen molar-refractivity contribution in [3.8, 4) is 28.5 Å². The van der Waals surface area contributed by atoms with Crippen molar-refractivity contribution in [3.63, 3.8) is 0 Å². The fourth-order valence-electron chi connectivity index (χ4n) is 4.60. The maximum Gasteiger partial charge on any atom is 0.304 e. The third-order valence-corrected chi connectivity index (χ3v) is 6.11. The Balaban J connectivity index is 1.41. The lowest BCUT2D eigenvalue weighted by Crippen LogP contribution is -2.07. The molecule has 0 spiro atoms. The van der Waals surface area contributed by atoms with Gasteiger partial charge in [-0.1, -0.05) is 24.3 Å². The quantitative estimate of drug-likeness (QED) is 0.593. The summed E-state index contributed by atoms with van der Waals surface area (Å²) in [6.07, 6.45) is 2.60. The lowest BCUT2D eigenvalue weighted by molar-refractivity contribution is -0.137. The number of methoxy groups -OCH3 is 1. The molecule has 0 bridgehead atoms. The summed E-state index contributed by atoms with van der Waals surface area (Å²) in [5, 5.41) is 9.07. The first-order valence-corrected chi connectivity index (χ1v) is 10.5. The SMILES string of the molecule is COc1cc(-c2cccc3c2CCC3Oc2ccc3c(c2)OCC3CC(=O)O)c(F)cn1. The molecule has 1 N–H and O–H groups in total. The summed E-state index contributed by atoms with van der Waals surface area (Å²) in [6, 6.07) is 13.0. The van der Waals surface area contributed by atoms with Crippen LogP contribution in [0.5, 0.6) is 17.4 Å². The van der Waals surface area contributed by atoms with Gasteiger partial charge in [0.25, 0.3) is 0 Å². The van der Waals surface area contributed by atoms with Gasteiger partial charge in [0.05, 0.1) is 26.3 Å². The first-order chi connectivity index (χ1) is 15.5. The summed E-state index contributed by atoms with van der Waals surface area (Å²) in [5.41, 5.74) is 4.27. The number of carboxylic acids is 1. The number of aromatic nitrogens is 1. The van der Waals surface area contributed by atoms with Crippen molar-refractivity contribution in [1.82, 2.24) is 4.98 Å². The zero-order valence-electron chi connectivity index (χ0n) is 17.5. The second-order valence-corrected chi connectivity index (χ2v) is 8.03. The van der Waals surface area contributed by atoms with Gasteiger partial charge in [-0.3, -0.25) is 4.79 Å². The van der Waals surface area contributed by atoms with Crippen molar-refractivity contribution in [2.24, 2.45) is 0 Å². The van der Waals surface area contributed by atoms with E-state index in [0.29, 0.717) is 29.5 Å². The molecule has 1 aliphatic carbocycles. The summed E-state index contributed by atoms with van der Waals surface area (Å²) >= 11 is 0. The van der Waals surface area contributed by atoms with E-state index in [1.807, 2.05) is 36.4 Å². The van der Waals surface area contributed by atoms with E-state index >= 15 is 0 Å². The predicted molar refractivity (Wildman–Crippen MR) is 115 cm³/mol. The average Bonchev–Trinajstić information content (AvgIpc) is 3.38. The van der Waals surface area contributed by atoms with Crippen LogP contribution in [-0.4, -0.2) is 29.8 Å². The predicted octanol–water partition coefficient (Wildman–Crippen LogP) is 4.91. The molecule has 0 saturated heterocycles. The van der Waals surface area contributed by atoms with Gasteiger partial charge in [-0.15, -0.1) is 0 Å². The second kappa shape index (κ2) is 8.15. The summed E-state index contributed by atoms with van der Waals surface area (Å²) in [7, 11) is 1.51. The maximum absolute atomic E-state index is 14.5.